The van der Waals surface area contributed by atoms with Crippen molar-refractivity contribution >= 4 is 38.4 Å². The molecule has 0 aliphatic heterocycles. The summed E-state index contributed by atoms with van der Waals surface area (Å²) in [4.78, 5) is 16.7. The molecule has 0 spiro atoms. The van der Waals surface area contributed by atoms with Gasteiger partial charge in [-0.3, -0.25) is 9.78 Å². The SMILES string of the molecule is Cc1ccc(C(=O)Nc2cccc3cc(Br)cnc23)cc1. The molecule has 0 saturated carbocycles. The number of halogens is 1. The summed E-state index contributed by atoms with van der Waals surface area (Å²) >= 11 is 3.40. The Kier molecular flexibility index (Phi) is 3.71. The third-order valence-corrected chi connectivity index (χ3v) is 3.67. The van der Waals surface area contributed by atoms with Crippen LogP contribution in [0.1, 0.15) is 15.9 Å². The standard InChI is InChI=1S/C17H13BrN2O/c1-11-5-7-12(8-6-11)17(21)20-15-4-2-3-13-9-14(18)10-19-16(13)15/h2-10H,1H3,(H,20,21). The van der Waals surface area contributed by atoms with Gasteiger partial charge in [0.15, 0.2) is 0 Å². The first kappa shape index (κ1) is 13.8. The molecule has 2 aromatic carbocycles. The minimum atomic E-state index is -0.132. The van der Waals surface area contributed by atoms with Crippen LogP contribution in [-0.2, 0) is 0 Å². The van der Waals surface area contributed by atoms with Crippen molar-refractivity contribution in [3.63, 3.8) is 0 Å². The molecular weight excluding hydrogens is 328 g/mol. The van der Waals surface area contributed by atoms with E-state index in [9.17, 15) is 4.79 Å². The second kappa shape index (κ2) is 5.66. The summed E-state index contributed by atoms with van der Waals surface area (Å²) in [5.74, 6) is -0.132. The van der Waals surface area contributed by atoms with E-state index in [2.05, 4.69) is 26.2 Å². The highest BCUT2D eigenvalue weighted by Gasteiger charge is 2.09. The van der Waals surface area contributed by atoms with Crippen LogP contribution in [-0.4, -0.2) is 10.9 Å². The lowest BCUT2D eigenvalue weighted by atomic mass is 10.1. The van der Waals surface area contributed by atoms with Gasteiger partial charge in [0.1, 0.15) is 0 Å². The highest BCUT2D eigenvalue weighted by atomic mass is 79.9. The van der Waals surface area contributed by atoms with Crippen molar-refractivity contribution in [3.05, 3.63) is 70.3 Å². The Hall–Kier alpha value is -2.20. The molecule has 0 bridgehead atoms. The van der Waals surface area contributed by atoms with Gasteiger partial charge in [-0.1, -0.05) is 29.8 Å². The second-order valence-electron chi connectivity index (χ2n) is 4.85. The fraction of sp³-hybridized carbons (Fsp3) is 0.0588. The minimum absolute atomic E-state index is 0.132. The number of hydrogen-bond acceptors (Lipinski definition) is 2. The predicted molar refractivity (Wildman–Crippen MR) is 88.6 cm³/mol. The van der Waals surface area contributed by atoms with Gasteiger partial charge < -0.3 is 5.32 Å². The number of pyridine rings is 1. The summed E-state index contributed by atoms with van der Waals surface area (Å²) in [6.07, 6.45) is 1.73. The summed E-state index contributed by atoms with van der Waals surface area (Å²) in [6, 6.07) is 15.2. The number of benzene rings is 2. The maximum Gasteiger partial charge on any atom is 0.255 e. The first-order valence-corrected chi connectivity index (χ1v) is 7.35. The molecule has 1 N–H and O–H groups in total. The maximum absolute atomic E-state index is 12.3. The summed E-state index contributed by atoms with van der Waals surface area (Å²) in [5.41, 5.74) is 3.25. The number of nitrogens with one attached hydrogen (secondary N) is 1. The number of carbonyl (C=O) groups excluding carboxylic acids is 1. The number of fused-ring (bicyclic) bond motifs is 1. The lowest BCUT2D eigenvalue weighted by Crippen LogP contribution is -2.12. The molecule has 3 rings (SSSR count). The lowest BCUT2D eigenvalue weighted by molar-refractivity contribution is 0.102. The molecule has 1 heterocycles. The average molecular weight is 341 g/mol. The Morgan fingerprint density at radius 3 is 2.67 bits per heavy atom. The number of rotatable bonds is 2. The molecular formula is C17H13BrN2O. The second-order valence-corrected chi connectivity index (χ2v) is 5.77. The minimum Gasteiger partial charge on any atom is -0.320 e. The Bertz CT molecular complexity index is 813. The van der Waals surface area contributed by atoms with Crippen molar-refractivity contribution < 1.29 is 4.79 Å². The number of aryl methyl sites for hydroxylation is 1. The molecule has 0 fully saturated rings. The fourth-order valence-corrected chi connectivity index (χ4v) is 2.48. The molecule has 1 amide bonds. The van der Waals surface area contributed by atoms with Crippen LogP contribution in [0.5, 0.6) is 0 Å². The van der Waals surface area contributed by atoms with Gasteiger partial charge in [-0.15, -0.1) is 0 Å². The number of para-hydroxylation sites is 1. The highest BCUT2D eigenvalue weighted by Crippen LogP contribution is 2.24. The Labute approximate surface area is 131 Å². The number of carbonyl (C=O) groups is 1. The summed E-state index contributed by atoms with van der Waals surface area (Å²) in [7, 11) is 0. The monoisotopic (exact) mass is 340 g/mol. The summed E-state index contributed by atoms with van der Waals surface area (Å²) in [5, 5.41) is 3.90. The number of anilines is 1. The van der Waals surface area contributed by atoms with Gasteiger partial charge in [-0.05, 0) is 47.1 Å². The van der Waals surface area contributed by atoms with Gasteiger partial charge in [0.2, 0.25) is 0 Å². The van der Waals surface area contributed by atoms with Crippen molar-refractivity contribution in [3.8, 4) is 0 Å². The van der Waals surface area contributed by atoms with Crippen molar-refractivity contribution in [1.82, 2.24) is 4.98 Å². The van der Waals surface area contributed by atoms with Crippen LogP contribution in [0.15, 0.2) is 59.2 Å². The normalized spacial score (nSPS) is 10.6. The van der Waals surface area contributed by atoms with E-state index in [4.69, 9.17) is 0 Å². The molecule has 0 atom stereocenters. The lowest BCUT2D eigenvalue weighted by Gasteiger charge is -2.08. The van der Waals surface area contributed by atoms with Crippen LogP contribution in [0, 0.1) is 6.92 Å². The van der Waals surface area contributed by atoms with Crippen LogP contribution >= 0.6 is 15.9 Å². The topological polar surface area (TPSA) is 42.0 Å². The van der Waals surface area contributed by atoms with Crippen molar-refractivity contribution in [1.29, 1.82) is 0 Å². The molecule has 3 nitrogen and oxygen atoms in total. The Balaban J connectivity index is 1.94. The maximum atomic E-state index is 12.3. The number of hydrogen-bond donors (Lipinski definition) is 1. The van der Waals surface area contributed by atoms with Crippen molar-refractivity contribution in [2.75, 3.05) is 5.32 Å². The van der Waals surface area contributed by atoms with E-state index in [0.29, 0.717) is 11.3 Å². The molecule has 104 valence electrons. The van der Waals surface area contributed by atoms with E-state index in [1.165, 1.54) is 0 Å². The van der Waals surface area contributed by atoms with Crippen LogP contribution in [0.2, 0.25) is 0 Å². The zero-order chi connectivity index (χ0) is 14.8. The molecule has 21 heavy (non-hydrogen) atoms. The van der Waals surface area contributed by atoms with E-state index in [1.807, 2.05) is 55.5 Å². The van der Waals surface area contributed by atoms with E-state index in [1.54, 1.807) is 6.20 Å². The predicted octanol–water partition coefficient (Wildman–Crippen LogP) is 4.56. The number of amides is 1. The van der Waals surface area contributed by atoms with Gasteiger partial charge in [0.25, 0.3) is 5.91 Å². The third-order valence-electron chi connectivity index (χ3n) is 3.24. The Morgan fingerprint density at radius 1 is 1.14 bits per heavy atom. The molecule has 0 aliphatic carbocycles. The van der Waals surface area contributed by atoms with Gasteiger partial charge >= 0.3 is 0 Å². The zero-order valence-corrected chi connectivity index (χ0v) is 13.0. The summed E-state index contributed by atoms with van der Waals surface area (Å²) in [6.45, 7) is 1.99. The molecule has 3 aromatic rings. The van der Waals surface area contributed by atoms with Gasteiger partial charge in [-0.25, -0.2) is 0 Å². The molecule has 0 aliphatic rings. The quantitative estimate of drug-likeness (QED) is 0.743. The average Bonchev–Trinajstić information content (AvgIpc) is 2.47. The number of aromatic nitrogens is 1. The summed E-state index contributed by atoms with van der Waals surface area (Å²) < 4.78 is 0.914. The van der Waals surface area contributed by atoms with Crippen molar-refractivity contribution in [2.45, 2.75) is 6.92 Å². The molecule has 1 aromatic heterocycles. The van der Waals surface area contributed by atoms with E-state index < -0.39 is 0 Å². The van der Waals surface area contributed by atoms with Gasteiger partial charge in [0.05, 0.1) is 11.2 Å². The first-order chi connectivity index (χ1) is 10.1. The molecule has 0 saturated heterocycles. The van der Waals surface area contributed by atoms with E-state index >= 15 is 0 Å². The zero-order valence-electron chi connectivity index (χ0n) is 11.4. The molecule has 0 radical (unpaired) electrons. The third kappa shape index (κ3) is 2.95. The van der Waals surface area contributed by atoms with Gasteiger partial charge in [-0.2, -0.15) is 0 Å². The Morgan fingerprint density at radius 2 is 1.90 bits per heavy atom. The molecule has 0 unspecified atom stereocenters. The van der Waals surface area contributed by atoms with E-state index in [-0.39, 0.29) is 5.91 Å². The van der Waals surface area contributed by atoms with Crippen LogP contribution in [0.4, 0.5) is 5.69 Å². The van der Waals surface area contributed by atoms with Gasteiger partial charge in [0, 0.05) is 21.6 Å². The van der Waals surface area contributed by atoms with Crippen LogP contribution < -0.4 is 5.32 Å². The van der Waals surface area contributed by atoms with Crippen molar-refractivity contribution in [2.24, 2.45) is 0 Å². The molecule has 4 heteroatoms. The number of nitrogens with zero attached hydrogens (tertiary/aromatic N) is 1. The highest BCUT2D eigenvalue weighted by molar-refractivity contribution is 9.10. The smallest absolute Gasteiger partial charge is 0.255 e. The largest absolute Gasteiger partial charge is 0.320 e. The fourth-order valence-electron chi connectivity index (χ4n) is 2.13. The van der Waals surface area contributed by atoms with Crippen LogP contribution in [0.3, 0.4) is 0 Å². The van der Waals surface area contributed by atoms with E-state index in [0.717, 1.165) is 20.9 Å². The first-order valence-electron chi connectivity index (χ1n) is 6.56. The van der Waals surface area contributed by atoms with Crippen LogP contribution in [0.25, 0.3) is 10.9 Å².